The molecule has 2 heterocycles. The fourth-order valence-corrected chi connectivity index (χ4v) is 6.40. The second-order valence-corrected chi connectivity index (χ2v) is 10.8. The molecule has 2 bridgehead atoms. The summed E-state index contributed by atoms with van der Waals surface area (Å²) in [6.45, 7) is 8.17. The fraction of sp³-hybridized carbons (Fsp3) is 0.800. The maximum absolute atomic E-state index is 13.2. The third-order valence-corrected chi connectivity index (χ3v) is 7.93. The van der Waals surface area contributed by atoms with Gasteiger partial charge in [0.1, 0.15) is 11.3 Å². The molecule has 4 rings (SSSR count). The van der Waals surface area contributed by atoms with Gasteiger partial charge < -0.3 is 15.2 Å². The molecule has 0 saturated heterocycles. The van der Waals surface area contributed by atoms with Crippen LogP contribution in [0.1, 0.15) is 77.5 Å². The molecule has 2 N–H and O–H groups in total. The average molecular weight is 459 g/mol. The van der Waals surface area contributed by atoms with Crippen LogP contribution in [0.2, 0.25) is 0 Å². The maximum atomic E-state index is 13.2. The van der Waals surface area contributed by atoms with Crippen LogP contribution in [-0.2, 0) is 18.5 Å². The Hall–Kier alpha value is -1.93. The standard InChI is InChI=1S/C25H42N6O2/c1-5-14-30-20-19(21(32)31(15-6-2)23(30)33)27-22(28-20)25-11-7-9-24(17-25,10-8-12-25)18-26-13-16-29(3)4/h26H,5-18H2,1-4H3,(H,27,28). The lowest BCUT2D eigenvalue weighted by molar-refractivity contribution is 0.0465. The number of H-pyrrole nitrogens is 1. The zero-order chi connectivity index (χ0) is 23.6. The van der Waals surface area contributed by atoms with Gasteiger partial charge in [0.05, 0.1) is 0 Å². The Bertz CT molecular complexity index is 1070. The number of fused-ring (bicyclic) bond motifs is 3. The minimum Gasteiger partial charge on any atom is -0.336 e. The largest absolute Gasteiger partial charge is 0.336 e. The Balaban J connectivity index is 1.70. The van der Waals surface area contributed by atoms with Gasteiger partial charge in [0.25, 0.3) is 5.56 Å². The van der Waals surface area contributed by atoms with Crippen LogP contribution in [0.5, 0.6) is 0 Å². The molecular formula is C25H42N6O2. The van der Waals surface area contributed by atoms with Crippen LogP contribution in [0.4, 0.5) is 0 Å². The Kier molecular flexibility index (Phi) is 7.15. The molecule has 2 saturated carbocycles. The molecule has 2 fully saturated rings. The second-order valence-electron chi connectivity index (χ2n) is 10.8. The Labute approximate surface area is 196 Å². The molecule has 0 spiro atoms. The van der Waals surface area contributed by atoms with Gasteiger partial charge in [0.15, 0.2) is 5.65 Å². The van der Waals surface area contributed by atoms with Crippen molar-refractivity contribution in [2.24, 2.45) is 5.41 Å². The highest BCUT2D eigenvalue weighted by atomic mass is 16.2. The molecule has 2 aliphatic rings. The third-order valence-electron chi connectivity index (χ3n) is 7.93. The zero-order valence-electron chi connectivity index (χ0n) is 21.0. The molecule has 0 radical (unpaired) electrons. The molecule has 2 aromatic heterocycles. The molecule has 33 heavy (non-hydrogen) atoms. The van der Waals surface area contributed by atoms with Crippen LogP contribution in [0.3, 0.4) is 0 Å². The van der Waals surface area contributed by atoms with E-state index in [4.69, 9.17) is 4.98 Å². The first-order chi connectivity index (χ1) is 15.8. The molecule has 8 heteroatoms. The van der Waals surface area contributed by atoms with Crippen molar-refractivity contribution in [2.45, 2.75) is 90.1 Å². The summed E-state index contributed by atoms with van der Waals surface area (Å²) in [6, 6.07) is 0. The number of hydrogen-bond acceptors (Lipinski definition) is 5. The van der Waals surface area contributed by atoms with E-state index < -0.39 is 0 Å². The van der Waals surface area contributed by atoms with Gasteiger partial charge in [0.2, 0.25) is 0 Å². The topological polar surface area (TPSA) is 87.9 Å². The summed E-state index contributed by atoms with van der Waals surface area (Å²) in [4.78, 5) is 37.0. The highest BCUT2D eigenvalue weighted by Crippen LogP contribution is 2.55. The summed E-state index contributed by atoms with van der Waals surface area (Å²) in [5.41, 5.74) is 0.892. The van der Waals surface area contributed by atoms with Gasteiger partial charge in [-0.15, -0.1) is 0 Å². The molecule has 0 atom stereocenters. The van der Waals surface area contributed by atoms with E-state index in [1.165, 1.54) is 30.3 Å². The van der Waals surface area contributed by atoms with Crippen molar-refractivity contribution < 1.29 is 0 Å². The number of likely N-dealkylation sites (N-methyl/N-ethyl adjacent to an activating group) is 1. The fourth-order valence-electron chi connectivity index (χ4n) is 6.40. The summed E-state index contributed by atoms with van der Waals surface area (Å²) in [5, 5.41) is 3.72. The van der Waals surface area contributed by atoms with Gasteiger partial charge in [0, 0.05) is 38.1 Å². The number of imidazole rings is 1. The normalized spacial score (nSPS) is 25.2. The summed E-state index contributed by atoms with van der Waals surface area (Å²) < 4.78 is 3.10. The van der Waals surface area contributed by atoms with Gasteiger partial charge in [-0.25, -0.2) is 9.78 Å². The average Bonchev–Trinajstić information content (AvgIpc) is 3.24. The van der Waals surface area contributed by atoms with Crippen LogP contribution < -0.4 is 16.6 Å². The molecule has 8 nitrogen and oxygen atoms in total. The summed E-state index contributed by atoms with van der Waals surface area (Å²) in [7, 11) is 4.22. The molecule has 0 unspecified atom stereocenters. The van der Waals surface area contributed by atoms with E-state index in [-0.39, 0.29) is 16.7 Å². The number of nitrogens with one attached hydrogen (secondary N) is 2. The Morgan fingerprint density at radius 3 is 2.33 bits per heavy atom. The third kappa shape index (κ3) is 4.56. The lowest BCUT2D eigenvalue weighted by atomic mass is 9.54. The summed E-state index contributed by atoms with van der Waals surface area (Å²) in [6.07, 6.45) is 9.79. The minimum atomic E-state index is -0.224. The maximum Gasteiger partial charge on any atom is 0.332 e. The predicted octanol–water partition coefficient (Wildman–Crippen LogP) is 2.84. The van der Waals surface area contributed by atoms with Gasteiger partial charge in [-0.3, -0.25) is 13.9 Å². The van der Waals surface area contributed by atoms with E-state index in [1.807, 2.05) is 6.92 Å². The first kappa shape index (κ1) is 24.2. The molecule has 184 valence electrons. The van der Waals surface area contributed by atoms with Crippen molar-refractivity contribution in [1.29, 1.82) is 0 Å². The van der Waals surface area contributed by atoms with Crippen LogP contribution in [0.25, 0.3) is 11.2 Å². The lowest BCUT2D eigenvalue weighted by Crippen LogP contribution is -2.49. The number of aromatic amines is 1. The molecule has 2 aliphatic carbocycles. The number of hydrogen-bond donors (Lipinski definition) is 2. The van der Waals surface area contributed by atoms with Gasteiger partial charge in [-0.2, -0.15) is 0 Å². The molecule has 0 amide bonds. The minimum absolute atomic E-state index is 0.0200. The van der Waals surface area contributed by atoms with E-state index in [0.29, 0.717) is 29.7 Å². The first-order valence-electron chi connectivity index (χ1n) is 12.9. The Morgan fingerprint density at radius 1 is 1.03 bits per heavy atom. The zero-order valence-corrected chi connectivity index (χ0v) is 21.0. The summed E-state index contributed by atoms with van der Waals surface area (Å²) >= 11 is 0. The van der Waals surface area contributed by atoms with Crippen LogP contribution in [0.15, 0.2) is 9.59 Å². The molecule has 2 aromatic rings. The van der Waals surface area contributed by atoms with Crippen molar-refractivity contribution in [3.05, 3.63) is 26.7 Å². The number of nitrogens with zero attached hydrogens (tertiary/aromatic N) is 4. The second kappa shape index (κ2) is 9.74. The quantitative estimate of drug-likeness (QED) is 0.535. The van der Waals surface area contributed by atoms with Crippen molar-refractivity contribution >= 4 is 11.2 Å². The highest BCUT2D eigenvalue weighted by molar-refractivity contribution is 5.70. The van der Waals surface area contributed by atoms with E-state index in [0.717, 1.165) is 57.6 Å². The van der Waals surface area contributed by atoms with E-state index in [1.54, 1.807) is 4.57 Å². The van der Waals surface area contributed by atoms with Crippen LogP contribution >= 0.6 is 0 Å². The molecule has 0 aliphatic heterocycles. The lowest BCUT2D eigenvalue weighted by Gasteiger charge is -2.51. The predicted molar refractivity (Wildman–Crippen MR) is 133 cm³/mol. The molecule has 0 aromatic carbocycles. The van der Waals surface area contributed by atoms with Gasteiger partial charge >= 0.3 is 5.69 Å². The molecular weight excluding hydrogens is 416 g/mol. The number of aryl methyl sites for hydroxylation is 1. The highest BCUT2D eigenvalue weighted by Gasteiger charge is 2.50. The van der Waals surface area contributed by atoms with Crippen molar-refractivity contribution in [1.82, 2.24) is 29.3 Å². The SMILES string of the molecule is CCCn1c(=O)c2[nH]c(C34CCCC(CNCCN(C)C)(CCC3)C4)nc2n(CCC)c1=O. The van der Waals surface area contributed by atoms with E-state index >= 15 is 0 Å². The van der Waals surface area contributed by atoms with E-state index in [2.05, 4.69) is 36.2 Å². The van der Waals surface area contributed by atoms with Crippen molar-refractivity contribution in [2.75, 3.05) is 33.7 Å². The number of rotatable bonds is 10. The summed E-state index contributed by atoms with van der Waals surface area (Å²) in [5.74, 6) is 0.935. The Morgan fingerprint density at radius 2 is 1.70 bits per heavy atom. The van der Waals surface area contributed by atoms with Crippen LogP contribution in [-0.4, -0.2) is 57.7 Å². The monoisotopic (exact) mass is 458 g/mol. The van der Waals surface area contributed by atoms with Crippen LogP contribution in [0, 0.1) is 5.41 Å². The van der Waals surface area contributed by atoms with Gasteiger partial charge in [-0.1, -0.05) is 26.7 Å². The van der Waals surface area contributed by atoms with E-state index in [9.17, 15) is 9.59 Å². The van der Waals surface area contributed by atoms with Crippen molar-refractivity contribution in [3.63, 3.8) is 0 Å². The number of aromatic nitrogens is 4. The van der Waals surface area contributed by atoms with Gasteiger partial charge in [-0.05, 0) is 64.5 Å². The van der Waals surface area contributed by atoms with Crippen molar-refractivity contribution in [3.8, 4) is 0 Å². The smallest absolute Gasteiger partial charge is 0.332 e. The first-order valence-corrected chi connectivity index (χ1v) is 12.9.